The fourth-order valence-corrected chi connectivity index (χ4v) is 2.25. The van der Waals surface area contributed by atoms with Crippen molar-refractivity contribution in [3.63, 3.8) is 0 Å². The number of ether oxygens (including phenoxy) is 1. The summed E-state index contributed by atoms with van der Waals surface area (Å²) in [6.45, 7) is 13.2. The standard InChI is InChI=1S/C15H28N4O/c1-7-16-14-13(11(2)3)15(18-10-17-14)19(12(4)5)8-9-20-6/h10-12H,7-9H2,1-6H3,(H,16,17,18). The van der Waals surface area contributed by atoms with Gasteiger partial charge >= 0.3 is 0 Å². The fraction of sp³-hybridized carbons (Fsp3) is 0.733. The van der Waals surface area contributed by atoms with Crippen LogP contribution in [0.5, 0.6) is 0 Å². The van der Waals surface area contributed by atoms with E-state index in [1.165, 1.54) is 5.56 Å². The van der Waals surface area contributed by atoms with Crippen molar-refractivity contribution >= 4 is 11.6 Å². The van der Waals surface area contributed by atoms with Crippen molar-refractivity contribution in [3.8, 4) is 0 Å². The largest absolute Gasteiger partial charge is 0.383 e. The van der Waals surface area contributed by atoms with Crippen LogP contribution in [-0.2, 0) is 4.74 Å². The minimum Gasteiger partial charge on any atom is -0.383 e. The fourth-order valence-electron chi connectivity index (χ4n) is 2.25. The number of aromatic nitrogens is 2. The normalized spacial score (nSPS) is 11.2. The van der Waals surface area contributed by atoms with E-state index in [0.717, 1.165) is 24.7 Å². The van der Waals surface area contributed by atoms with E-state index in [-0.39, 0.29) is 0 Å². The monoisotopic (exact) mass is 280 g/mol. The molecule has 20 heavy (non-hydrogen) atoms. The van der Waals surface area contributed by atoms with Crippen molar-refractivity contribution < 1.29 is 4.74 Å². The third kappa shape index (κ3) is 4.07. The summed E-state index contributed by atoms with van der Waals surface area (Å²) in [6, 6.07) is 0.368. The van der Waals surface area contributed by atoms with Gasteiger partial charge in [-0.15, -0.1) is 0 Å². The lowest BCUT2D eigenvalue weighted by Crippen LogP contribution is -2.35. The molecule has 0 spiro atoms. The first-order valence-electron chi connectivity index (χ1n) is 7.37. The molecule has 114 valence electrons. The van der Waals surface area contributed by atoms with E-state index >= 15 is 0 Å². The molecule has 0 saturated heterocycles. The molecule has 0 aliphatic carbocycles. The second-order valence-corrected chi connectivity index (χ2v) is 5.42. The zero-order valence-corrected chi connectivity index (χ0v) is 13.6. The van der Waals surface area contributed by atoms with Crippen LogP contribution in [0.3, 0.4) is 0 Å². The molecule has 0 amide bonds. The summed E-state index contributed by atoms with van der Waals surface area (Å²) in [7, 11) is 1.73. The van der Waals surface area contributed by atoms with Gasteiger partial charge in [-0.1, -0.05) is 13.8 Å². The Labute approximate surface area is 122 Å². The van der Waals surface area contributed by atoms with Crippen LogP contribution in [0.4, 0.5) is 11.6 Å². The number of hydrogen-bond acceptors (Lipinski definition) is 5. The average molecular weight is 280 g/mol. The molecule has 0 aromatic carbocycles. The first kappa shape index (κ1) is 16.7. The molecule has 0 unspecified atom stereocenters. The van der Waals surface area contributed by atoms with Crippen molar-refractivity contribution in [3.05, 3.63) is 11.9 Å². The highest BCUT2D eigenvalue weighted by molar-refractivity contribution is 5.60. The van der Waals surface area contributed by atoms with Gasteiger partial charge in [-0.25, -0.2) is 9.97 Å². The van der Waals surface area contributed by atoms with Gasteiger partial charge in [-0.3, -0.25) is 0 Å². The Kier molecular flexibility index (Phi) is 6.71. The smallest absolute Gasteiger partial charge is 0.137 e. The van der Waals surface area contributed by atoms with Crippen LogP contribution in [0, 0.1) is 0 Å². The summed E-state index contributed by atoms with van der Waals surface area (Å²) >= 11 is 0. The second kappa shape index (κ2) is 8.04. The van der Waals surface area contributed by atoms with Crippen molar-refractivity contribution in [1.82, 2.24) is 9.97 Å². The molecule has 1 aromatic heterocycles. The number of nitrogens with zero attached hydrogens (tertiary/aromatic N) is 3. The maximum Gasteiger partial charge on any atom is 0.137 e. The minimum atomic E-state index is 0.365. The number of nitrogens with one attached hydrogen (secondary N) is 1. The molecule has 0 radical (unpaired) electrons. The summed E-state index contributed by atoms with van der Waals surface area (Å²) in [5.41, 5.74) is 1.18. The van der Waals surface area contributed by atoms with Crippen LogP contribution in [0.15, 0.2) is 6.33 Å². The SMILES string of the molecule is CCNc1ncnc(N(CCOC)C(C)C)c1C(C)C. The van der Waals surface area contributed by atoms with Crippen LogP contribution in [0.1, 0.15) is 46.1 Å². The molecule has 0 aliphatic rings. The molecular formula is C15H28N4O. The quantitative estimate of drug-likeness (QED) is 0.793. The molecule has 1 heterocycles. The number of methoxy groups -OCH3 is 1. The molecular weight excluding hydrogens is 252 g/mol. The van der Waals surface area contributed by atoms with Crippen molar-refractivity contribution in [2.75, 3.05) is 37.0 Å². The van der Waals surface area contributed by atoms with Crippen molar-refractivity contribution in [2.24, 2.45) is 0 Å². The highest BCUT2D eigenvalue weighted by atomic mass is 16.5. The van der Waals surface area contributed by atoms with E-state index in [9.17, 15) is 0 Å². The summed E-state index contributed by atoms with van der Waals surface area (Å²) in [5, 5.41) is 3.34. The lowest BCUT2D eigenvalue weighted by atomic mass is 10.0. The highest BCUT2D eigenvalue weighted by Gasteiger charge is 2.21. The Morgan fingerprint density at radius 2 is 1.95 bits per heavy atom. The third-order valence-electron chi connectivity index (χ3n) is 3.22. The average Bonchev–Trinajstić information content (AvgIpc) is 2.39. The first-order chi connectivity index (χ1) is 9.52. The molecule has 5 heteroatoms. The summed E-state index contributed by atoms with van der Waals surface area (Å²) in [5.74, 6) is 2.32. The molecule has 0 bridgehead atoms. The van der Waals surface area contributed by atoms with Crippen molar-refractivity contribution in [1.29, 1.82) is 0 Å². The van der Waals surface area contributed by atoms with Gasteiger partial charge in [0.1, 0.15) is 18.0 Å². The molecule has 0 saturated carbocycles. The number of hydrogen-bond donors (Lipinski definition) is 1. The van der Waals surface area contributed by atoms with E-state index < -0.39 is 0 Å². The summed E-state index contributed by atoms with van der Waals surface area (Å²) in [6.07, 6.45) is 1.64. The van der Waals surface area contributed by atoms with Gasteiger partial charge in [0, 0.05) is 31.8 Å². The zero-order valence-electron chi connectivity index (χ0n) is 13.6. The second-order valence-electron chi connectivity index (χ2n) is 5.42. The zero-order chi connectivity index (χ0) is 15.1. The first-order valence-corrected chi connectivity index (χ1v) is 7.37. The molecule has 1 N–H and O–H groups in total. The van der Waals surface area contributed by atoms with Gasteiger partial charge in [0.2, 0.25) is 0 Å². The topological polar surface area (TPSA) is 50.3 Å². The maximum atomic E-state index is 5.22. The third-order valence-corrected chi connectivity index (χ3v) is 3.22. The highest BCUT2D eigenvalue weighted by Crippen LogP contribution is 2.31. The van der Waals surface area contributed by atoms with Crippen LogP contribution >= 0.6 is 0 Å². The Hall–Kier alpha value is -1.36. The van der Waals surface area contributed by atoms with E-state index in [0.29, 0.717) is 18.6 Å². The Bertz CT molecular complexity index is 407. The van der Waals surface area contributed by atoms with E-state index in [1.807, 2.05) is 0 Å². The molecule has 0 atom stereocenters. The van der Waals surface area contributed by atoms with Gasteiger partial charge in [0.25, 0.3) is 0 Å². The lowest BCUT2D eigenvalue weighted by molar-refractivity contribution is 0.203. The van der Waals surface area contributed by atoms with Crippen LogP contribution < -0.4 is 10.2 Å². The summed E-state index contributed by atoms with van der Waals surface area (Å²) in [4.78, 5) is 11.2. The molecule has 1 rings (SSSR count). The minimum absolute atomic E-state index is 0.365. The molecule has 1 aromatic rings. The van der Waals surface area contributed by atoms with E-state index in [2.05, 4.69) is 54.8 Å². The molecule has 5 nitrogen and oxygen atoms in total. The van der Waals surface area contributed by atoms with Crippen LogP contribution in [0.2, 0.25) is 0 Å². The molecule has 0 aliphatic heterocycles. The van der Waals surface area contributed by atoms with E-state index in [1.54, 1.807) is 13.4 Å². The van der Waals surface area contributed by atoms with Gasteiger partial charge in [0.15, 0.2) is 0 Å². The van der Waals surface area contributed by atoms with Crippen LogP contribution in [0.25, 0.3) is 0 Å². The number of anilines is 2. The van der Waals surface area contributed by atoms with Crippen molar-refractivity contribution in [2.45, 2.75) is 46.6 Å². The van der Waals surface area contributed by atoms with Gasteiger partial charge in [-0.2, -0.15) is 0 Å². The van der Waals surface area contributed by atoms with Gasteiger partial charge in [0.05, 0.1) is 6.61 Å². The summed E-state index contributed by atoms with van der Waals surface area (Å²) < 4.78 is 5.22. The predicted octanol–water partition coefficient (Wildman–Crippen LogP) is 2.89. The Morgan fingerprint density at radius 3 is 2.45 bits per heavy atom. The van der Waals surface area contributed by atoms with Gasteiger partial charge < -0.3 is 15.0 Å². The Morgan fingerprint density at radius 1 is 1.25 bits per heavy atom. The Balaban J connectivity index is 3.21. The van der Waals surface area contributed by atoms with Crippen LogP contribution in [-0.4, -0.2) is 42.8 Å². The predicted molar refractivity (Wildman–Crippen MR) is 84.6 cm³/mol. The maximum absolute atomic E-state index is 5.22. The van der Waals surface area contributed by atoms with E-state index in [4.69, 9.17) is 4.74 Å². The van der Waals surface area contributed by atoms with Gasteiger partial charge in [-0.05, 0) is 26.7 Å². The lowest BCUT2D eigenvalue weighted by Gasteiger charge is -2.31. The number of rotatable bonds is 8. The molecule has 0 fully saturated rings.